The molecule has 1 aliphatic heterocycles. The van der Waals surface area contributed by atoms with Gasteiger partial charge in [-0.15, -0.1) is 0 Å². The van der Waals surface area contributed by atoms with Crippen molar-refractivity contribution >= 4 is 23.4 Å². The first-order chi connectivity index (χ1) is 11.9. The molecule has 1 saturated heterocycles. The highest BCUT2D eigenvalue weighted by Crippen LogP contribution is 2.25. The molecule has 132 valence electrons. The van der Waals surface area contributed by atoms with E-state index in [1.54, 1.807) is 28.9 Å². The average molecular weight is 365 g/mol. The van der Waals surface area contributed by atoms with Crippen molar-refractivity contribution in [1.82, 2.24) is 19.6 Å². The van der Waals surface area contributed by atoms with Gasteiger partial charge in [0.05, 0.1) is 16.9 Å². The summed E-state index contributed by atoms with van der Waals surface area (Å²) in [4.78, 5) is 27.6. The molecular weight excluding hydrogens is 347 g/mol. The number of rotatable bonds is 2. The van der Waals surface area contributed by atoms with Crippen LogP contribution in [0.5, 0.6) is 0 Å². The normalized spacial score (nSPS) is 14.7. The van der Waals surface area contributed by atoms with Crippen LogP contribution in [0.15, 0.2) is 24.3 Å². The first-order valence-electron chi connectivity index (χ1n) is 7.94. The zero-order valence-corrected chi connectivity index (χ0v) is 14.8. The van der Waals surface area contributed by atoms with Crippen LogP contribution in [0.2, 0.25) is 5.15 Å². The number of carbonyl (C=O) groups excluding carboxylic acids is 2. The number of piperazine rings is 1. The van der Waals surface area contributed by atoms with E-state index in [0.717, 1.165) is 0 Å². The third-order valence-electron chi connectivity index (χ3n) is 4.30. The number of nitrogens with zero attached hydrogens (tertiary/aromatic N) is 4. The lowest BCUT2D eigenvalue weighted by atomic mass is 10.2. The van der Waals surface area contributed by atoms with Crippen molar-refractivity contribution in [2.45, 2.75) is 13.8 Å². The van der Waals surface area contributed by atoms with Crippen LogP contribution in [-0.4, -0.2) is 57.6 Å². The van der Waals surface area contributed by atoms with Crippen LogP contribution in [0.25, 0.3) is 5.69 Å². The predicted octanol–water partition coefficient (Wildman–Crippen LogP) is 2.28. The maximum atomic E-state index is 13.1. The smallest absolute Gasteiger partial charge is 0.259 e. The Hall–Kier alpha value is -2.41. The topological polar surface area (TPSA) is 58.4 Å². The van der Waals surface area contributed by atoms with Gasteiger partial charge in [0.1, 0.15) is 11.0 Å². The maximum Gasteiger partial charge on any atom is 0.259 e. The summed E-state index contributed by atoms with van der Waals surface area (Å²) in [7, 11) is 0. The molecular formula is C17H18ClFN4O2. The van der Waals surface area contributed by atoms with E-state index in [-0.39, 0.29) is 22.8 Å². The van der Waals surface area contributed by atoms with Gasteiger partial charge in [0.25, 0.3) is 5.91 Å². The minimum atomic E-state index is -0.358. The fraction of sp³-hybridized carbons (Fsp3) is 0.353. The van der Waals surface area contributed by atoms with Crippen LogP contribution >= 0.6 is 11.6 Å². The van der Waals surface area contributed by atoms with Crippen molar-refractivity contribution in [3.05, 3.63) is 46.5 Å². The molecule has 3 rings (SSSR count). The number of aryl methyl sites for hydroxylation is 1. The number of amides is 2. The molecule has 0 spiro atoms. The van der Waals surface area contributed by atoms with Crippen molar-refractivity contribution in [2.24, 2.45) is 0 Å². The zero-order valence-electron chi connectivity index (χ0n) is 14.0. The molecule has 0 N–H and O–H groups in total. The van der Waals surface area contributed by atoms with Crippen molar-refractivity contribution in [3.63, 3.8) is 0 Å². The Morgan fingerprint density at radius 1 is 1.08 bits per heavy atom. The van der Waals surface area contributed by atoms with Crippen LogP contribution in [0.4, 0.5) is 4.39 Å². The number of carbonyl (C=O) groups is 2. The van der Waals surface area contributed by atoms with Gasteiger partial charge in [-0.05, 0) is 31.2 Å². The lowest BCUT2D eigenvalue weighted by Crippen LogP contribution is -2.50. The number of benzene rings is 1. The summed E-state index contributed by atoms with van der Waals surface area (Å²) < 4.78 is 14.5. The second-order valence-electron chi connectivity index (χ2n) is 5.94. The molecule has 0 atom stereocenters. The van der Waals surface area contributed by atoms with Gasteiger partial charge in [0.15, 0.2) is 0 Å². The highest BCUT2D eigenvalue weighted by molar-refractivity contribution is 6.33. The van der Waals surface area contributed by atoms with Crippen LogP contribution < -0.4 is 0 Å². The Kier molecular flexibility index (Phi) is 4.76. The van der Waals surface area contributed by atoms with E-state index < -0.39 is 0 Å². The fourth-order valence-electron chi connectivity index (χ4n) is 2.88. The number of hydrogen-bond donors (Lipinski definition) is 0. The minimum absolute atomic E-state index is 0.00504. The molecule has 25 heavy (non-hydrogen) atoms. The standard InChI is InChI=1S/C17H18ClFN4O2/c1-11-15(17(25)22-9-7-21(8-10-22)12(2)24)16(18)23(20-11)14-5-3-13(19)4-6-14/h3-6H,7-10H2,1-2H3. The second kappa shape index (κ2) is 6.84. The summed E-state index contributed by atoms with van der Waals surface area (Å²) >= 11 is 6.39. The molecule has 0 radical (unpaired) electrons. The molecule has 1 aromatic carbocycles. The van der Waals surface area contributed by atoms with E-state index in [4.69, 9.17) is 11.6 Å². The van der Waals surface area contributed by atoms with Gasteiger partial charge in [-0.25, -0.2) is 9.07 Å². The van der Waals surface area contributed by atoms with Crippen LogP contribution in [0, 0.1) is 12.7 Å². The number of aromatic nitrogens is 2. The molecule has 0 aliphatic carbocycles. The molecule has 1 aromatic heterocycles. The van der Waals surface area contributed by atoms with Crippen molar-refractivity contribution in [1.29, 1.82) is 0 Å². The van der Waals surface area contributed by atoms with E-state index in [0.29, 0.717) is 43.1 Å². The fourth-order valence-corrected chi connectivity index (χ4v) is 3.23. The highest BCUT2D eigenvalue weighted by Gasteiger charge is 2.28. The molecule has 6 nitrogen and oxygen atoms in total. The van der Waals surface area contributed by atoms with Gasteiger partial charge in [0, 0.05) is 33.1 Å². The summed E-state index contributed by atoms with van der Waals surface area (Å²) in [6, 6.07) is 5.72. The first kappa shape index (κ1) is 17.4. The van der Waals surface area contributed by atoms with Gasteiger partial charge in [-0.1, -0.05) is 11.6 Å². The van der Waals surface area contributed by atoms with Crippen molar-refractivity contribution in [2.75, 3.05) is 26.2 Å². The zero-order chi connectivity index (χ0) is 18.1. The summed E-state index contributed by atoms with van der Waals surface area (Å²) in [6.45, 7) is 5.15. The van der Waals surface area contributed by atoms with E-state index in [2.05, 4.69) is 5.10 Å². The molecule has 8 heteroatoms. The summed E-state index contributed by atoms with van der Waals surface area (Å²) in [5.41, 5.74) is 1.42. The quantitative estimate of drug-likeness (QED) is 0.821. The molecule has 2 amide bonds. The molecule has 2 aromatic rings. The van der Waals surface area contributed by atoms with Gasteiger partial charge in [-0.2, -0.15) is 5.10 Å². The van der Waals surface area contributed by atoms with Gasteiger partial charge >= 0.3 is 0 Å². The lowest BCUT2D eigenvalue weighted by Gasteiger charge is -2.34. The van der Waals surface area contributed by atoms with Crippen molar-refractivity contribution < 1.29 is 14.0 Å². The largest absolute Gasteiger partial charge is 0.339 e. The Labute approximate surface area is 149 Å². The van der Waals surface area contributed by atoms with Crippen LogP contribution in [0.3, 0.4) is 0 Å². The summed E-state index contributed by atoms with van der Waals surface area (Å²) in [5, 5.41) is 4.52. The second-order valence-corrected chi connectivity index (χ2v) is 6.30. The monoisotopic (exact) mass is 364 g/mol. The molecule has 0 bridgehead atoms. The predicted molar refractivity (Wildman–Crippen MR) is 91.4 cm³/mol. The van der Waals surface area contributed by atoms with Gasteiger partial charge in [0.2, 0.25) is 5.91 Å². The van der Waals surface area contributed by atoms with Gasteiger partial charge < -0.3 is 9.80 Å². The molecule has 0 saturated carbocycles. The highest BCUT2D eigenvalue weighted by atomic mass is 35.5. The van der Waals surface area contributed by atoms with Crippen molar-refractivity contribution in [3.8, 4) is 5.69 Å². The minimum Gasteiger partial charge on any atom is -0.339 e. The molecule has 1 aliphatic rings. The third-order valence-corrected chi connectivity index (χ3v) is 4.65. The van der Waals surface area contributed by atoms with E-state index in [1.807, 2.05) is 0 Å². The number of hydrogen-bond acceptors (Lipinski definition) is 3. The first-order valence-corrected chi connectivity index (χ1v) is 8.32. The summed E-state index contributed by atoms with van der Waals surface area (Å²) in [5.74, 6) is -0.562. The Morgan fingerprint density at radius 3 is 2.20 bits per heavy atom. The van der Waals surface area contributed by atoms with Gasteiger partial charge in [-0.3, -0.25) is 9.59 Å². The van der Waals surface area contributed by atoms with E-state index >= 15 is 0 Å². The van der Waals surface area contributed by atoms with Crippen LogP contribution in [-0.2, 0) is 4.79 Å². The molecule has 1 fully saturated rings. The molecule has 0 unspecified atom stereocenters. The summed E-state index contributed by atoms with van der Waals surface area (Å²) in [6.07, 6.45) is 0. The number of halogens is 2. The van der Waals surface area contributed by atoms with Crippen LogP contribution in [0.1, 0.15) is 23.0 Å². The lowest BCUT2D eigenvalue weighted by molar-refractivity contribution is -0.130. The molecule has 2 heterocycles. The van der Waals surface area contributed by atoms with E-state index in [9.17, 15) is 14.0 Å². The van der Waals surface area contributed by atoms with E-state index in [1.165, 1.54) is 23.7 Å². The Morgan fingerprint density at radius 2 is 1.64 bits per heavy atom. The maximum absolute atomic E-state index is 13.1. The Balaban J connectivity index is 1.84. The SMILES string of the molecule is CC(=O)N1CCN(C(=O)c2c(C)nn(-c3ccc(F)cc3)c2Cl)CC1. The average Bonchev–Trinajstić information content (AvgIpc) is 2.89. The third kappa shape index (κ3) is 3.37. The Bertz CT molecular complexity index is 811.